The Morgan fingerprint density at radius 3 is 2.41 bits per heavy atom. The number of amides is 2. The van der Waals surface area contributed by atoms with Gasteiger partial charge in [-0.15, -0.1) is 0 Å². The number of nitrogens with one attached hydrogen (secondary N) is 1. The highest BCUT2D eigenvalue weighted by Crippen LogP contribution is 2.31. The minimum absolute atomic E-state index is 0.00445. The number of aromatic carboxylic acids is 1. The first-order valence-corrected chi connectivity index (χ1v) is 17.0. The van der Waals surface area contributed by atoms with Crippen molar-refractivity contribution < 1.29 is 28.8 Å². The molecule has 3 heterocycles. The first kappa shape index (κ1) is 33.5. The maximum atomic E-state index is 13.5. The number of ether oxygens (including phenoxy) is 1. The molecule has 1 aliphatic rings. The summed E-state index contributed by atoms with van der Waals surface area (Å²) in [5, 5.41) is 19.3. The van der Waals surface area contributed by atoms with Gasteiger partial charge in [-0.05, 0) is 59.0 Å². The molecule has 0 saturated carbocycles. The van der Waals surface area contributed by atoms with Crippen LogP contribution in [-0.4, -0.2) is 60.8 Å². The van der Waals surface area contributed by atoms with Crippen molar-refractivity contribution in [3.05, 3.63) is 107 Å². The molecule has 0 unspecified atom stereocenters. The highest BCUT2D eigenvalue weighted by atomic mass is 16.6. The fraction of sp³-hybridized carbons (Fsp3) is 0.282. The molecule has 2 N–H and O–H groups in total. The van der Waals surface area contributed by atoms with E-state index in [1.54, 1.807) is 17.9 Å². The maximum Gasteiger partial charge on any atom is 0.410 e. The van der Waals surface area contributed by atoms with Crippen LogP contribution >= 0.6 is 0 Å². The molecule has 6 aromatic rings. The number of rotatable bonds is 9. The molecule has 1 aliphatic heterocycles. The van der Waals surface area contributed by atoms with Crippen LogP contribution in [0.2, 0.25) is 0 Å². The number of benzene rings is 4. The summed E-state index contributed by atoms with van der Waals surface area (Å²) in [7, 11) is 0. The van der Waals surface area contributed by atoms with E-state index in [0.717, 1.165) is 33.3 Å². The Kier molecular flexibility index (Phi) is 9.22. The van der Waals surface area contributed by atoms with Gasteiger partial charge in [0.15, 0.2) is 0 Å². The summed E-state index contributed by atoms with van der Waals surface area (Å²) in [6.45, 7) is 7.18. The number of carbonyl (C=O) groups excluding carboxylic acids is 2. The molecule has 2 amide bonds. The zero-order valence-corrected chi connectivity index (χ0v) is 28.6. The summed E-state index contributed by atoms with van der Waals surface area (Å²) in [5.41, 5.74) is 4.10. The zero-order valence-electron chi connectivity index (χ0n) is 28.6. The second-order valence-electron chi connectivity index (χ2n) is 13.2. The lowest BCUT2D eigenvalue weighted by Crippen LogP contribution is -2.41. The predicted molar refractivity (Wildman–Crippen MR) is 191 cm³/mol. The lowest BCUT2D eigenvalue weighted by atomic mass is 9.96. The largest absolute Gasteiger partial charge is 0.478 e. The third-order valence-electron chi connectivity index (χ3n) is 9.26. The number of aryl methyl sites for hydroxylation is 1. The molecule has 12 nitrogen and oxygen atoms in total. The average molecular weight is 687 g/mol. The van der Waals surface area contributed by atoms with E-state index in [4.69, 9.17) is 14.2 Å². The van der Waals surface area contributed by atoms with Crippen molar-refractivity contribution in [1.82, 2.24) is 24.6 Å². The maximum absolute atomic E-state index is 13.5. The number of aromatic nitrogens is 4. The van der Waals surface area contributed by atoms with Crippen LogP contribution in [-0.2, 0) is 22.7 Å². The van der Waals surface area contributed by atoms with Crippen molar-refractivity contribution in [1.29, 1.82) is 0 Å². The van der Waals surface area contributed by atoms with Crippen molar-refractivity contribution in [2.45, 2.75) is 52.7 Å². The molecule has 51 heavy (non-hydrogen) atoms. The van der Waals surface area contributed by atoms with Crippen molar-refractivity contribution >= 4 is 45.5 Å². The third-order valence-corrected chi connectivity index (χ3v) is 9.26. The lowest BCUT2D eigenvalue weighted by Gasteiger charge is -2.30. The predicted octanol–water partition coefficient (Wildman–Crippen LogP) is 7.41. The van der Waals surface area contributed by atoms with Gasteiger partial charge in [0, 0.05) is 49.6 Å². The SMILES string of the molecule is Cc1nc(-c2ccc3ccc(Cn4c(C(C)C)nc5c(C(=O)O)cc(NC(=O)C6CCN(C(=O)OCc7ccccc7)CC6)cc54)cc3c2)no1. The van der Waals surface area contributed by atoms with Gasteiger partial charge in [0.2, 0.25) is 17.6 Å². The number of anilines is 1. The van der Waals surface area contributed by atoms with Crippen LogP contribution in [0.4, 0.5) is 10.5 Å². The molecule has 0 bridgehead atoms. The van der Waals surface area contributed by atoms with E-state index in [1.165, 1.54) is 6.07 Å². The minimum Gasteiger partial charge on any atom is -0.478 e. The van der Waals surface area contributed by atoms with Gasteiger partial charge in [-0.1, -0.05) is 73.6 Å². The summed E-state index contributed by atoms with van der Waals surface area (Å²) in [6.07, 6.45) is 0.523. The van der Waals surface area contributed by atoms with Crippen LogP contribution in [0.5, 0.6) is 0 Å². The van der Waals surface area contributed by atoms with Crippen molar-refractivity contribution in [3.63, 3.8) is 0 Å². The Labute approximate surface area is 294 Å². The van der Waals surface area contributed by atoms with Gasteiger partial charge in [0.05, 0.1) is 11.1 Å². The lowest BCUT2D eigenvalue weighted by molar-refractivity contribution is -0.121. The number of hydrogen-bond donors (Lipinski definition) is 2. The highest BCUT2D eigenvalue weighted by molar-refractivity contribution is 6.05. The van der Waals surface area contributed by atoms with Gasteiger partial charge in [-0.3, -0.25) is 4.79 Å². The number of imidazole rings is 1. The van der Waals surface area contributed by atoms with Gasteiger partial charge in [-0.25, -0.2) is 14.6 Å². The van der Waals surface area contributed by atoms with Crippen molar-refractivity contribution in [2.24, 2.45) is 5.92 Å². The molecule has 0 radical (unpaired) electrons. The van der Waals surface area contributed by atoms with Crippen LogP contribution < -0.4 is 5.32 Å². The molecule has 260 valence electrons. The van der Waals surface area contributed by atoms with Gasteiger partial charge < -0.3 is 29.2 Å². The van der Waals surface area contributed by atoms with E-state index in [0.29, 0.717) is 60.9 Å². The number of likely N-dealkylation sites (tertiary alicyclic amines) is 1. The van der Waals surface area contributed by atoms with E-state index in [-0.39, 0.29) is 29.9 Å². The van der Waals surface area contributed by atoms with Gasteiger partial charge >= 0.3 is 12.1 Å². The van der Waals surface area contributed by atoms with E-state index < -0.39 is 12.1 Å². The monoisotopic (exact) mass is 686 g/mol. The second kappa shape index (κ2) is 14.1. The van der Waals surface area contributed by atoms with Gasteiger partial charge in [-0.2, -0.15) is 4.98 Å². The number of nitrogens with zero attached hydrogens (tertiary/aromatic N) is 5. The fourth-order valence-electron chi connectivity index (χ4n) is 6.59. The normalized spacial score (nSPS) is 13.6. The zero-order chi connectivity index (χ0) is 35.6. The van der Waals surface area contributed by atoms with E-state index in [2.05, 4.69) is 21.5 Å². The van der Waals surface area contributed by atoms with Gasteiger partial charge in [0.25, 0.3) is 0 Å². The summed E-state index contributed by atoms with van der Waals surface area (Å²) in [6, 6.07) is 24.9. The third kappa shape index (κ3) is 7.16. The Morgan fingerprint density at radius 1 is 0.941 bits per heavy atom. The van der Waals surface area contributed by atoms with Crippen LogP contribution in [0.25, 0.3) is 33.2 Å². The van der Waals surface area contributed by atoms with E-state index in [9.17, 15) is 19.5 Å². The molecular weight excluding hydrogens is 648 g/mol. The average Bonchev–Trinajstić information content (AvgIpc) is 3.74. The van der Waals surface area contributed by atoms with Crippen LogP contribution in [0.3, 0.4) is 0 Å². The number of carboxylic acids is 1. The summed E-state index contributed by atoms with van der Waals surface area (Å²) in [4.78, 5) is 49.4. The minimum atomic E-state index is -1.13. The highest BCUT2D eigenvalue weighted by Gasteiger charge is 2.29. The topological polar surface area (TPSA) is 153 Å². The Bertz CT molecular complexity index is 2250. The molecule has 4 aromatic carbocycles. The first-order valence-electron chi connectivity index (χ1n) is 17.0. The van der Waals surface area contributed by atoms with Crippen LogP contribution in [0, 0.1) is 12.8 Å². The smallest absolute Gasteiger partial charge is 0.410 e. The van der Waals surface area contributed by atoms with Crippen LogP contribution in [0.1, 0.15) is 65.8 Å². The number of carboxylic acid groups (broad SMARTS) is 1. The molecule has 12 heteroatoms. The van der Waals surface area contributed by atoms with E-state index >= 15 is 0 Å². The van der Waals surface area contributed by atoms with Gasteiger partial charge in [0.1, 0.15) is 17.9 Å². The molecular formula is C39H38N6O6. The van der Waals surface area contributed by atoms with Crippen molar-refractivity contribution in [2.75, 3.05) is 18.4 Å². The molecule has 0 spiro atoms. The summed E-state index contributed by atoms with van der Waals surface area (Å²) in [5.74, 6) is 0.0418. The molecule has 1 saturated heterocycles. The van der Waals surface area contributed by atoms with E-state index in [1.807, 2.05) is 79.1 Å². The fourth-order valence-corrected chi connectivity index (χ4v) is 6.59. The number of carbonyl (C=O) groups is 3. The van der Waals surface area contributed by atoms with Crippen molar-refractivity contribution in [3.8, 4) is 11.4 Å². The Balaban J connectivity index is 1.11. The standard InChI is InChI=1S/C39H38N6O6/c1-23(2)36-42-34-32(38(47)48)19-31(41-37(46)28-13-15-44(16-14-28)39(49)50-22-25-7-5-4-6-8-25)20-33(34)45(36)21-26-9-10-27-11-12-29(18-30(27)17-26)35-40-24(3)51-43-35/h4-12,17-20,23,28H,13-16,21-22H2,1-3H3,(H,41,46)(H,47,48). The molecule has 1 fully saturated rings. The molecule has 0 atom stereocenters. The number of fused-ring (bicyclic) bond motifs is 2. The van der Waals surface area contributed by atoms with Crippen LogP contribution in [0.15, 0.2) is 83.4 Å². The quantitative estimate of drug-likeness (QED) is 0.158. The summed E-state index contributed by atoms with van der Waals surface area (Å²) >= 11 is 0. The molecule has 7 rings (SSSR count). The number of piperidine rings is 1. The summed E-state index contributed by atoms with van der Waals surface area (Å²) < 4.78 is 12.7. The Hall–Kier alpha value is -6.04. The second-order valence-corrected chi connectivity index (χ2v) is 13.2. The first-order chi connectivity index (χ1) is 24.6. The number of hydrogen-bond acceptors (Lipinski definition) is 8. The Morgan fingerprint density at radius 2 is 1.71 bits per heavy atom. The molecule has 0 aliphatic carbocycles. The molecule has 2 aromatic heterocycles.